The van der Waals surface area contributed by atoms with E-state index in [0.29, 0.717) is 5.76 Å². The van der Waals surface area contributed by atoms with Crippen molar-refractivity contribution < 1.29 is 9.53 Å². The third-order valence-electron chi connectivity index (χ3n) is 3.24. The Bertz CT molecular complexity index is 701. The van der Waals surface area contributed by atoms with Crippen LogP contribution in [-0.4, -0.2) is 43.9 Å². The molecule has 5 nitrogen and oxygen atoms in total. The second-order valence-electron chi connectivity index (χ2n) is 5.51. The van der Waals surface area contributed by atoms with Crippen LogP contribution < -0.4 is 16.2 Å². The number of nitrogens with two attached hydrogens (primary N) is 1. The standard InChI is InChI=1S/C18H25N3O2/c1-6-17(16-10-8-7-9-15(16)13(2)3)23-12-14(11-22)20-18(19)21(4)5/h6-11,14H,1,12H2,2-5H3,(H2,19,20)/b17-16+. The molecule has 5 heteroatoms. The van der Waals surface area contributed by atoms with Crippen molar-refractivity contribution >= 4 is 23.6 Å². The molecule has 0 aliphatic rings. The zero-order valence-electron chi connectivity index (χ0n) is 14.2. The highest BCUT2D eigenvalue weighted by molar-refractivity contribution is 5.79. The molecular weight excluding hydrogens is 290 g/mol. The molecule has 0 radical (unpaired) electrons. The van der Waals surface area contributed by atoms with Crippen LogP contribution in [0.3, 0.4) is 0 Å². The van der Waals surface area contributed by atoms with Gasteiger partial charge in [-0.2, -0.15) is 0 Å². The van der Waals surface area contributed by atoms with Gasteiger partial charge in [0.2, 0.25) is 0 Å². The van der Waals surface area contributed by atoms with Crippen molar-refractivity contribution in [2.75, 3.05) is 20.7 Å². The number of aliphatic imine (C=N–C) groups is 1. The van der Waals surface area contributed by atoms with E-state index in [1.54, 1.807) is 25.1 Å². The maximum Gasteiger partial charge on any atom is 0.191 e. The molecule has 0 spiro atoms. The quantitative estimate of drug-likeness (QED) is 0.475. The fourth-order valence-electron chi connectivity index (χ4n) is 1.95. The van der Waals surface area contributed by atoms with E-state index in [4.69, 9.17) is 10.5 Å². The fraction of sp³-hybridized carbons (Fsp3) is 0.333. The molecule has 0 aliphatic heterocycles. The summed E-state index contributed by atoms with van der Waals surface area (Å²) in [6.07, 6.45) is 2.36. The number of carbonyl (C=O) groups is 1. The van der Waals surface area contributed by atoms with Crippen LogP contribution in [0.4, 0.5) is 0 Å². The fourth-order valence-corrected chi connectivity index (χ4v) is 1.95. The van der Waals surface area contributed by atoms with Gasteiger partial charge < -0.3 is 20.2 Å². The van der Waals surface area contributed by atoms with E-state index in [2.05, 4.69) is 11.6 Å². The second kappa shape index (κ2) is 8.78. The predicted molar refractivity (Wildman–Crippen MR) is 95.2 cm³/mol. The van der Waals surface area contributed by atoms with Gasteiger partial charge in [-0.15, -0.1) is 0 Å². The average molecular weight is 315 g/mol. The number of rotatable bonds is 6. The minimum absolute atomic E-state index is 0.108. The number of ether oxygens (including phenoxy) is 1. The maximum atomic E-state index is 11.2. The molecule has 1 atom stereocenters. The molecule has 1 rings (SSSR count). The van der Waals surface area contributed by atoms with Gasteiger partial charge in [-0.1, -0.05) is 36.4 Å². The number of guanidine groups is 1. The van der Waals surface area contributed by atoms with Crippen LogP contribution in [0.1, 0.15) is 13.8 Å². The molecule has 1 aromatic rings. The van der Waals surface area contributed by atoms with Gasteiger partial charge in [-0.25, -0.2) is 4.99 Å². The highest BCUT2D eigenvalue weighted by Crippen LogP contribution is 2.01. The first-order chi connectivity index (χ1) is 10.9. The minimum Gasteiger partial charge on any atom is -0.490 e. The maximum absolute atomic E-state index is 11.2. The van der Waals surface area contributed by atoms with Crippen molar-refractivity contribution in [1.29, 1.82) is 0 Å². The number of hydrogen-bond acceptors (Lipinski definition) is 3. The third kappa shape index (κ3) is 5.29. The van der Waals surface area contributed by atoms with Crippen molar-refractivity contribution in [3.8, 4) is 0 Å². The minimum atomic E-state index is -0.661. The summed E-state index contributed by atoms with van der Waals surface area (Å²) in [5.74, 6) is 0.899. The lowest BCUT2D eigenvalue weighted by Gasteiger charge is -2.14. The summed E-state index contributed by atoms with van der Waals surface area (Å²) in [5.41, 5.74) is 6.91. The normalized spacial score (nSPS) is 13.8. The topological polar surface area (TPSA) is 67.9 Å². The molecule has 1 unspecified atom stereocenters. The van der Waals surface area contributed by atoms with Gasteiger partial charge in [0.15, 0.2) is 5.96 Å². The Balaban J connectivity index is 3.14. The van der Waals surface area contributed by atoms with Crippen molar-refractivity contribution in [2.45, 2.75) is 19.9 Å². The van der Waals surface area contributed by atoms with Crippen LogP contribution in [0.25, 0.3) is 11.3 Å². The summed E-state index contributed by atoms with van der Waals surface area (Å²) in [6, 6.07) is 7.24. The molecular formula is C18H25N3O2. The third-order valence-corrected chi connectivity index (χ3v) is 3.24. The first-order valence-electron chi connectivity index (χ1n) is 7.38. The summed E-state index contributed by atoms with van der Waals surface area (Å²) >= 11 is 0. The summed E-state index contributed by atoms with van der Waals surface area (Å²) < 4.78 is 5.77. The Morgan fingerprint density at radius 3 is 2.43 bits per heavy atom. The molecule has 0 aliphatic carbocycles. The molecule has 1 aromatic carbocycles. The van der Waals surface area contributed by atoms with Gasteiger partial charge in [-0.3, -0.25) is 0 Å². The molecule has 0 amide bonds. The Morgan fingerprint density at radius 1 is 1.35 bits per heavy atom. The van der Waals surface area contributed by atoms with Gasteiger partial charge in [0.1, 0.15) is 24.7 Å². The van der Waals surface area contributed by atoms with Crippen LogP contribution in [0, 0.1) is 0 Å². The smallest absolute Gasteiger partial charge is 0.191 e. The van der Waals surface area contributed by atoms with Crippen LogP contribution in [0.5, 0.6) is 0 Å². The number of nitrogens with zero attached hydrogens (tertiary/aromatic N) is 2. The molecule has 0 fully saturated rings. The van der Waals surface area contributed by atoms with Gasteiger partial charge in [0, 0.05) is 19.3 Å². The molecule has 2 N–H and O–H groups in total. The molecule has 0 aromatic heterocycles. The number of benzene rings is 1. The van der Waals surface area contributed by atoms with Crippen LogP contribution in [0.15, 0.2) is 41.9 Å². The largest absolute Gasteiger partial charge is 0.490 e. The van der Waals surface area contributed by atoms with Gasteiger partial charge in [0.05, 0.1) is 0 Å². The monoisotopic (exact) mass is 315 g/mol. The zero-order chi connectivity index (χ0) is 17.4. The van der Waals surface area contributed by atoms with Gasteiger partial charge in [-0.05, 0) is 25.1 Å². The molecule has 0 bridgehead atoms. The highest BCUT2D eigenvalue weighted by atomic mass is 16.5. The summed E-state index contributed by atoms with van der Waals surface area (Å²) in [7, 11) is 3.53. The number of hydrogen-bond donors (Lipinski definition) is 1. The van der Waals surface area contributed by atoms with Crippen molar-refractivity contribution in [3.63, 3.8) is 0 Å². The Hall–Kier alpha value is -2.56. The Labute approximate surface area is 137 Å². The summed E-state index contributed by atoms with van der Waals surface area (Å²) in [5, 5.41) is 2.03. The zero-order valence-corrected chi connectivity index (χ0v) is 14.2. The highest BCUT2D eigenvalue weighted by Gasteiger charge is 2.09. The molecule has 0 saturated carbocycles. The Kier molecular flexibility index (Phi) is 7.06. The van der Waals surface area contributed by atoms with E-state index in [9.17, 15) is 4.79 Å². The van der Waals surface area contributed by atoms with E-state index in [1.165, 1.54) is 5.57 Å². The molecule has 23 heavy (non-hydrogen) atoms. The van der Waals surface area contributed by atoms with Crippen molar-refractivity contribution in [3.05, 3.63) is 47.4 Å². The lowest BCUT2D eigenvalue weighted by Crippen LogP contribution is -2.33. The van der Waals surface area contributed by atoms with Crippen molar-refractivity contribution in [2.24, 2.45) is 10.7 Å². The number of carbonyl (C=O) groups excluding carboxylic acids is 1. The summed E-state index contributed by atoms with van der Waals surface area (Å²) in [4.78, 5) is 16.9. The predicted octanol–water partition coefficient (Wildman–Crippen LogP) is 0.632. The van der Waals surface area contributed by atoms with Crippen molar-refractivity contribution in [1.82, 2.24) is 4.90 Å². The molecule has 0 saturated heterocycles. The summed E-state index contributed by atoms with van der Waals surface area (Å²) in [6.45, 7) is 7.99. The van der Waals surface area contributed by atoms with E-state index < -0.39 is 6.04 Å². The first kappa shape index (κ1) is 18.5. The van der Waals surface area contributed by atoms with E-state index in [-0.39, 0.29) is 12.6 Å². The lowest BCUT2D eigenvalue weighted by atomic mass is 10.1. The second-order valence-corrected chi connectivity index (χ2v) is 5.51. The molecule has 124 valence electrons. The van der Waals surface area contributed by atoms with Crippen LogP contribution >= 0.6 is 0 Å². The SMILES string of the molecule is C=C/C(OCC(C=O)N=C(N)N(C)C)=c1/ccccc1=C(C)C. The van der Waals surface area contributed by atoms with Crippen LogP contribution in [-0.2, 0) is 9.53 Å². The van der Waals surface area contributed by atoms with E-state index in [0.717, 1.165) is 16.7 Å². The number of aldehydes is 1. The van der Waals surface area contributed by atoms with Gasteiger partial charge >= 0.3 is 0 Å². The first-order valence-corrected chi connectivity index (χ1v) is 7.38. The van der Waals surface area contributed by atoms with E-state index in [1.807, 2.05) is 38.1 Å². The van der Waals surface area contributed by atoms with E-state index >= 15 is 0 Å². The average Bonchev–Trinajstić information content (AvgIpc) is 2.54. The van der Waals surface area contributed by atoms with Gasteiger partial charge in [0.25, 0.3) is 0 Å². The van der Waals surface area contributed by atoms with Crippen LogP contribution in [0.2, 0.25) is 0 Å². The Morgan fingerprint density at radius 2 is 1.96 bits per heavy atom. The molecule has 0 heterocycles. The lowest BCUT2D eigenvalue weighted by molar-refractivity contribution is -0.109.